The highest BCUT2D eigenvalue weighted by atomic mass is 16.5. The van der Waals surface area contributed by atoms with E-state index in [2.05, 4.69) is 10.1 Å². The van der Waals surface area contributed by atoms with Gasteiger partial charge in [-0.05, 0) is 36.8 Å². The average Bonchev–Trinajstić information content (AvgIpc) is 2.59. The molecule has 120 valence electrons. The Morgan fingerprint density at radius 3 is 2.52 bits per heavy atom. The van der Waals surface area contributed by atoms with Gasteiger partial charge in [-0.3, -0.25) is 4.79 Å². The fraction of sp³-hybridized carbons (Fsp3) is 0.222. The maximum Gasteiger partial charge on any atom is 0.337 e. The van der Waals surface area contributed by atoms with Crippen molar-refractivity contribution in [2.24, 2.45) is 0 Å². The zero-order valence-electron chi connectivity index (χ0n) is 13.2. The minimum atomic E-state index is -0.477. The van der Waals surface area contributed by atoms with Crippen molar-refractivity contribution in [3.63, 3.8) is 0 Å². The van der Waals surface area contributed by atoms with Gasteiger partial charge in [0.2, 0.25) is 0 Å². The molecule has 0 fully saturated rings. The molecule has 23 heavy (non-hydrogen) atoms. The first kappa shape index (κ1) is 16.5. The molecule has 2 aromatic rings. The quantitative estimate of drug-likeness (QED) is 0.829. The zero-order valence-corrected chi connectivity index (χ0v) is 13.2. The summed E-state index contributed by atoms with van der Waals surface area (Å²) in [5.41, 5.74) is 1.35. The predicted octanol–water partition coefficient (Wildman–Crippen LogP) is 3.51. The summed E-state index contributed by atoms with van der Waals surface area (Å²) >= 11 is 0. The van der Waals surface area contributed by atoms with E-state index in [-0.39, 0.29) is 5.91 Å². The third-order valence-electron chi connectivity index (χ3n) is 3.11. The summed E-state index contributed by atoms with van der Waals surface area (Å²) in [6, 6.07) is 13.6. The third-order valence-corrected chi connectivity index (χ3v) is 3.11. The fourth-order valence-electron chi connectivity index (χ4n) is 1.99. The summed E-state index contributed by atoms with van der Waals surface area (Å²) in [6.07, 6.45) is 0.914. The van der Waals surface area contributed by atoms with Crippen LogP contribution in [0.25, 0.3) is 0 Å². The van der Waals surface area contributed by atoms with Gasteiger partial charge in [0.25, 0.3) is 5.91 Å². The van der Waals surface area contributed by atoms with Crippen LogP contribution in [0, 0.1) is 0 Å². The number of hydrogen-bond donors (Lipinski definition) is 1. The van der Waals surface area contributed by atoms with Crippen molar-refractivity contribution >= 4 is 17.6 Å². The molecule has 1 N–H and O–H groups in total. The third kappa shape index (κ3) is 4.57. The maximum absolute atomic E-state index is 12.3. The number of amides is 1. The minimum absolute atomic E-state index is 0.302. The monoisotopic (exact) mass is 313 g/mol. The van der Waals surface area contributed by atoms with E-state index in [0.29, 0.717) is 29.2 Å². The predicted molar refractivity (Wildman–Crippen MR) is 88.0 cm³/mol. The Hall–Kier alpha value is -2.82. The fourth-order valence-corrected chi connectivity index (χ4v) is 1.99. The van der Waals surface area contributed by atoms with Crippen LogP contribution < -0.4 is 10.1 Å². The van der Waals surface area contributed by atoms with E-state index in [1.807, 2.05) is 19.1 Å². The van der Waals surface area contributed by atoms with Gasteiger partial charge in [-0.2, -0.15) is 0 Å². The van der Waals surface area contributed by atoms with Gasteiger partial charge in [0.15, 0.2) is 0 Å². The SMILES string of the molecule is CCCOc1cccc(NC(=O)c2cccc(C(=O)OC)c2)c1. The molecular weight excluding hydrogens is 294 g/mol. The number of hydrogen-bond acceptors (Lipinski definition) is 4. The van der Waals surface area contributed by atoms with E-state index in [1.165, 1.54) is 13.2 Å². The van der Waals surface area contributed by atoms with Crippen molar-refractivity contribution in [2.75, 3.05) is 19.0 Å². The van der Waals surface area contributed by atoms with Crippen molar-refractivity contribution in [1.82, 2.24) is 0 Å². The standard InChI is InChI=1S/C18H19NO4/c1-3-10-23-16-9-5-8-15(12-16)19-17(20)13-6-4-7-14(11-13)18(21)22-2/h4-9,11-12H,3,10H2,1-2H3,(H,19,20). The van der Waals surface area contributed by atoms with Gasteiger partial charge in [0.1, 0.15) is 5.75 Å². The van der Waals surface area contributed by atoms with E-state index in [4.69, 9.17) is 4.74 Å². The van der Waals surface area contributed by atoms with Gasteiger partial charge in [-0.15, -0.1) is 0 Å². The van der Waals surface area contributed by atoms with Crippen molar-refractivity contribution in [3.05, 3.63) is 59.7 Å². The number of carbonyl (C=O) groups is 2. The first-order valence-corrected chi connectivity index (χ1v) is 7.36. The Balaban J connectivity index is 2.11. The van der Waals surface area contributed by atoms with Crippen molar-refractivity contribution in [3.8, 4) is 5.75 Å². The topological polar surface area (TPSA) is 64.6 Å². The number of ether oxygens (including phenoxy) is 2. The Morgan fingerprint density at radius 1 is 1.04 bits per heavy atom. The molecule has 0 atom stereocenters. The number of carbonyl (C=O) groups excluding carboxylic acids is 2. The molecule has 1 amide bonds. The molecule has 0 heterocycles. The molecule has 0 aliphatic carbocycles. The zero-order chi connectivity index (χ0) is 16.7. The van der Waals surface area contributed by atoms with Crippen LogP contribution in [0.2, 0.25) is 0 Å². The molecule has 2 rings (SSSR count). The van der Waals surface area contributed by atoms with Gasteiger partial charge < -0.3 is 14.8 Å². The molecule has 5 nitrogen and oxygen atoms in total. The van der Waals surface area contributed by atoms with Crippen LogP contribution in [-0.4, -0.2) is 25.6 Å². The van der Waals surface area contributed by atoms with Gasteiger partial charge in [0, 0.05) is 17.3 Å². The van der Waals surface area contributed by atoms with Crippen molar-refractivity contribution in [1.29, 1.82) is 0 Å². The van der Waals surface area contributed by atoms with E-state index in [0.717, 1.165) is 6.42 Å². The average molecular weight is 313 g/mol. The molecule has 0 aliphatic heterocycles. The summed E-state index contributed by atoms with van der Waals surface area (Å²) in [5.74, 6) is -0.0778. The summed E-state index contributed by atoms with van der Waals surface area (Å²) in [6.45, 7) is 2.65. The van der Waals surface area contributed by atoms with Crippen LogP contribution >= 0.6 is 0 Å². The van der Waals surface area contributed by atoms with Gasteiger partial charge in [-0.1, -0.05) is 19.1 Å². The van der Waals surface area contributed by atoms with E-state index >= 15 is 0 Å². The molecular formula is C18H19NO4. The van der Waals surface area contributed by atoms with Crippen molar-refractivity contribution < 1.29 is 19.1 Å². The Kier molecular flexibility index (Phi) is 5.74. The highest BCUT2D eigenvalue weighted by molar-refractivity contribution is 6.05. The summed E-state index contributed by atoms with van der Waals surface area (Å²) in [5, 5.41) is 2.79. The lowest BCUT2D eigenvalue weighted by molar-refractivity contribution is 0.0600. The Labute approximate surface area is 135 Å². The van der Waals surface area contributed by atoms with Gasteiger partial charge >= 0.3 is 5.97 Å². The van der Waals surface area contributed by atoms with E-state index < -0.39 is 5.97 Å². The van der Waals surface area contributed by atoms with Gasteiger partial charge in [0.05, 0.1) is 19.3 Å². The Bertz CT molecular complexity index is 697. The first-order chi connectivity index (χ1) is 11.1. The number of esters is 1. The number of nitrogens with one attached hydrogen (secondary N) is 1. The lowest BCUT2D eigenvalue weighted by Crippen LogP contribution is -2.13. The normalized spacial score (nSPS) is 10.0. The molecule has 0 bridgehead atoms. The van der Waals surface area contributed by atoms with Crippen molar-refractivity contribution in [2.45, 2.75) is 13.3 Å². The highest BCUT2D eigenvalue weighted by Gasteiger charge is 2.11. The summed E-state index contributed by atoms with van der Waals surface area (Å²) in [7, 11) is 1.30. The molecule has 0 aromatic heterocycles. The summed E-state index contributed by atoms with van der Waals surface area (Å²) < 4.78 is 10.2. The first-order valence-electron chi connectivity index (χ1n) is 7.36. The number of anilines is 1. The molecule has 0 radical (unpaired) electrons. The minimum Gasteiger partial charge on any atom is -0.494 e. The second-order valence-electron chi connectivity index (χ2n) is 4.90. The van der Waals surface area contributed by atoms with Crippen LogP contribution in [0.4, 0.5) is 5.69 Å². The van der Waals surface area contributed by atoms with Crippen LogP contribution in [0.1, 0.15) is 34.1 Å². The molecule has 0 unspecified atom stereocenters. The molecule has 0 aliphatic rings. The maximum atomic E-state index is 12.3. The molecule has 0 saturated carbocycles. The van der Waals surface area contributed by atoms with Crippen LogP contribution in [-0.2, 0) is 4.74 Å². The second-order valence-corrected chi connectivity index (χ2v) is 4.90. The number of methoxy groups -OCH3 is 1. The molecule has 2 aromatic carbocycles. The molecule has 0 spiro atoms. The molecule has 5 heteroatoms. The van der Waals surface area contributed by atoms with Crippen LogP contribution in [0.5, 0.6) is 5.75 Å². The Morgan fingerprint density at radius 2 is 1.78 bits per heavy atom. The number of rotatable bonds is 6. The highest BCUT2D eigenvalue weighted by Crippen LogP contribution is 2.18. The van der Waals surface area contributed by atoms with E-state index in [9.17, 15) is 9.59 Å². The lowest BCUT2D eigenvalue weighted by atomic mass is 10.1. The van der Waals surface area contributed by atoms with Gasteiger partial charge in [-0.25, -0.2) is 4.79 Å². The van der Waals surface area contributed by atoms with Crippen LogP contribution in [0.15, 0.2) is 48.5 Å². The largest absolute Gasteiger partial charge is 0.494 e. The van der Waals surface area contributed by atoms with E-state index in [1.54, 1.807) is 30.3 Å². The lowest BCUT2D eigenvalue weighted by Gasteiger charge is -2.09. The second kappa shape index (κ2) is 7.98. The van der Waals surface area contributed by atoms with Crippen LogP contribution in [0.3, 0.4) is 0 Å². The number of benzene rings is 2. The molecule has 0 saturated heterocycles. The smallest absolute Gasteiger partial charge is 0.337 e. The summed E-state index contributed by atoms with van der Waals surface area (Å²) in [4.78, 5) is 23.8.